The van der Waals surface area contributed by atoms with Crippen LogP contribution in [-0.2, 0) is 6.54 Å². The molecule has 2 rings (SSSR count). The number of ether oxygens (including phenoxy) is 2. The van der Waals surface area contributed by atoms with E-state index in [1.54, 1.807) is 19.2 Å². The molecule has 164 valence electrons. The van der Waals surface area contributed by atoms with Crippen molar-refractivity contribution in [1.29, 1.82) is 0 Å². The second kappa shape index (κ2) is 11.7. The molecule has 1 heterocycles. The Hall–Kier alpha value is -3.16. The summed E-state index contributed by atoms with van der Waals surface area (Å²) in [5.41, 5.74) is 6.25. The van der Waals surface area contributed by atoms with Crippen LogP contribution in [0.3, 0.4) is 0 Å². The molecule has 0 saturated carbocycles. The van der Waals surface area contributed by atoms with Crippen LogP contribution < -0.4 is 25.8 Å². The Kier molecular flexibility index (Phi) is 9.05. The minimum absolute atomic E-state index is 0.0295. The number of furan rings is 1. The van der Waals surface area contributed by atoms with Crippen molar-refractivity contribution in [3.05, 3.63) is 47.4 Å². The fourth-order valence-corrected chi connectivity index (χ4v) is 2.71. The number of carbonyl (C=O) groups is 1. The molecule has 1 aromatic heterocycles. The van der Waals surface area contributed by atoms with Gasteiger partial charge in [-0.25, -0.2) is 0 Å². The summed E-state index contributed by atoms with van der Waals surface area (Å²) in [6.45, 7) is 7.83. The van der Waals surface area contributed by atoms with Gasteiger partial charge in [0.25, 0.3) is 5.91 Å². The fraction of sp³-hybridized carbons (Fsp3) is 0.455. The zero-order chi connectivity index (χ0) is 21.9. The van der Waals surface area contributed by atoms with Crippen molar-refractivity contribution >= 4 is 11.9 Å². The van der Waals surface area contributed by atoms with E-state index in [2.05, 4.69) is 29.5 Å². The van der Waals surface area contributed by atoms with Gasteiger partial charge in [0.05, 0.1) is 25.8 Å². The Morgan fingerprint density at radius 1 is 1.13 bits per heavy atom. The molecule has 0 spiro atoms. The smallest absolute Gasteiger partial charge is 0.284 e. The molecule has 0 aliphatic carbocycles. The summed E-state index contributed by atoms with van der Waals surface area (Å²) in [6.07, 6.45) is 1.86. The van der Waals surface area contributed by atoms with Gasteiger partial charge in [0.2, 0.25) is 0 Å². The van der Waals surface area contributed by atoms with Crippen LogP contribution in [-0.4, -0.2) is 32.1 Å². The van der Waals surface area contributed by atoms with Crippen molar-refractivity contribution in [3.8, 4) is 11.5 Å². The SMILES string of the molecule is CCCOc1ccc(C(C)NC(=NC)NCc2ccc(C(N)=O)o2)cc1OCCC. The molecule has 1 amide bonds. The number of amides is 1. The summed E-state index contributed by atoms with van der Waals surface area (Å²) in [7, 11) is 1.69. The molecule has 0 aliphatic rings. The van der Waals surface area contributed by atoms with Crippen molar-refractivity contribution in [2.45, 2.75) is 46.2 Å². The normalized spacial score (nSPS) is 12.3. The lowest BCUT2D eigenvalue weighted by Gasteiger charge is -2.20. The van der Waals surface area contributed by atoms with Gasteiger partial charge in [-0.05, 0) is 49.6 Å². The van der Waals surface area contributed by atoms with Crippen molar-refractivity contribution in [3.63, 3.8) is 0 Å². The van der Waals surface area contributed by atoms with Crippen molar-refractivity contribution in [2.24, 2.45) is 10.7 Å². The van der Waals surface area contributed by atoms with Crippen molar-refractivity contribution < 1.29 is 18.7 Å². The molecule has 0 aliphatic heterocycles. The Labute approximate surface area is 177 Å². The van der Waals surface area contributed by atoms with Gasteiger partial charge in [-0.15, -0.1) is 0 Å². The molecule has 30 heavy (non-hydrogen) atoms. The number of primary amides is 1. The van der Waals surface area contributed by atoms with Gasteiger partial charge in [0.15, 0.2) is 23.2 Å². The maximum atomic E-state index is 11.1. The van der Waals surface area contributed by atoms with Gasteiger partial charge >= 0.3 is 0 Å². The zero-order valence-corrected chi connectivity index (χ0v) is 18.2. The van der Waals surface area contributed by atoms with E-state index in [-0.39, 0.29) is 11.8 Å². The summed E-state index contributed by atoms with van der Waals surface area (Å²) in [6, 6.07) is 9.18. The number of nitrogens with two attached hydrogens (primary N) is 1. The van der Waals surface area contributed by atoms with Crippen LogP contribution in [0.2, 0.25) is 0 Å². The highest BCUT2D eigenvalue weighted by Gasteiger charge is 2.13. The molecule has 1 atom stereocenters. The van der Waals surface area contributed by atoms with Crippen molar-refractivity contribution in [2.75, 3.05) is 20.3 Å². The van der Waals surface area contributed by atoms with E-state index in [9.17, 15) is 4.79 Å². The first-order valence-electron chi connectivity index (χ1n) is 10.2. The monoisotopic (exact) mass is 416 g/mol. The third kappa shape index (κ3) is 6.72. The number of carbonyl (C=O) groups excluding carboxylic acids is 1. The molecule has 1 aromatic carbocycles. The number of benzene rings is 1. The quantitative estimate of drug-likeness (QED) is 0.382. The Balaban J connectivity index is 2.02. The van der Waals surface area contributed by atoms with Crippen LogP contribution in [0.15, 0.2) is 39.7 Å². The second-order valence-electron chi connectivity index (χ2n) is 6.83. The largest absolute Gasteiger partial charge is 0.490 e. The van der Waals surface area contributed by atoms with Gasteiger partial charge in [-0.3, -0.25) is 9.79 Å². The lowest BCUT2D eigenvalue weighted by Crippen LogP contribution is -2.38. The zero-order valence-electron chi connectivity index (χ0n) is 18.2. The molecule has 0 bridgehead atoms. The second-order valence-corrected chi connectivity index (χ2v) is 6.83. The molecule has 8 heteroatoms. The predicted octanol–water partition coefficient (Wildman–Crippen LogP) is 3.38. The summed E-state index contributed by atoms with van der Waals surface area (Å²) >= 11 is 0. The maximum absolute atomic E-state index is 11.1. The molecular formula is C22H32N4O4. The van der Waals surface area contributed by atoms with E-state index in [1.807, 2.05) is 25.1 Å². The predicted molar refractivity (Wildman–Crippen MR) is 117 cm³/mol. The maximum Gasteiger partial charge on any atom is 0.284 e. The van der Waals surface area contributed by atoms with Gasteiger partial charge in [0.1, 0.15) is 5.76 Å². The Morgan fingerprint density at radius 3 is 2.43 bits per heavy atom. The lowest BCUT2D eigenvalue weighted by molar-refractivity contribution is 0.0972. The van der Waals surface area contributed by atoms with Crippen LogP contribution in [0.5, 0.6) is 11.5 Å². The number of guanidine groups is 1. The molecule has 4 N–H and O–H groups in total. The van der Waals surface area contributed by atoms with E-state index >= 15 is 0 Å². The van der Waals surface area contributed by atoms with Gasteiger partial charge in [-0.2, -0.15) is 0 Å². The van der Waals surface area contributed by atoms with E-state index in [0.717, 1.165) is 29.9 Å². The van der Waals surface area contributed by atoms with E-state index < -0.39 is 5.91 Å². The first kappa shape index (κ1) is 23.1. The van der Waals surface area contributed by atoms with Crippen LogP contribution in [0.1, 0.15) is 61.5 Å². The standard InChI is InChI=1S/C22H32N4O4/c1-5-11-28-18-9-7-16(13-20(18)29-12-6-2)15(3)26-22(24-4)25-14-17-8-10-19(30-17)21(23)27/h7-10,13,15H,5-6,11-12,14H2,1-4H3,(H2,23,27)(H2,24,25,26). The minimum Gasteiger partial charge on any atom is -0.490 e. The Bertz CT molecular complexity index is 847. The topological polar surface area (TPSA) is 111 Å². The highest BCUT2D eigenvalue weighted by Crippen LogP contribution is 2.31. The summed E-state index contributed by atoms with van der Waals surface area (Å²) < 4.78 is 17.1. The average molecular weight is 417 g/mol. The van der Waals surface area contributed by atoms with E-state index in [0.29, 0.717) is 31.5 Å². The van der Waals surface area contributed by atoms with Crippen LogP contribution in [0.4, 0.5) is 0 Å². The summed E-state index contributed by atoms with van der Waals surface area (Å²) in [4.78, 5) is 15.4. The highest BCUT2D eigenvalue weighted by molar-refractivity contribution is 5.89. The molecule has 0 radical (unpaired) electrons. The highest BCUT2D eigenvalue weighted by atomic mass is 16.5. The van der Waals surface area contributed by atoms with Gasteiger partial charge in [-0.1, -0.05) is 19.9 Å². The number of aliphatic imine (C=N–C) groups is 1. The number of nitrogens with zero attached hydrogens (tertiary/aromatic N) is 1. The van der Waals surface area contributed by atoms with Crippen LogP contribution >= 0.6 is 0 Å². The van der Waals surface area contributed by atoms with Gasteiger partial charge < -0.3 is 30.3 Å². The molecule has 1 unspecified atom stereocenters. The lowest BCUT2D eigenvalue weighted by atomic mass is 10.1. The molecule has 0 fully saturated rings. The van der Waals surface area contributed by atoms with E-state index in [4.69, 9.17) is 19.6 Å². The third-order valence-corrected chi connectivity index (χ3v) is 4.30. The Morgan fingerprint density at radius 2 is 1.83 bits per heavy atom. The fourth-order valence-electron chi connectivity index (χ4n) is 2.71. The number of hydrogen-bond acceptors (Lipinski definition) is 5. The first-order valence-corrected chi connectivity index (χ1v) is 10.2. The number of rotatable bonds is 11. The van der Waals surface area contributed by atoms with Crippen LogP contribution in [0, 0.1) is 0 Å². The molecule has 0 saturated heterocycles. The molecular weight excluding hydrogens is 384 g/mol. The molecule has 8 nitrogen and oxygen atoms in total. The average Bonchev–Trinajstić information content (AvgIpc) is 3.23. The third-order valence-electron chi connectivity index (χ3n) is 4.30. The minimum atomic E-state index is -0.593. The van der Waals surface area contributed by atoms with E-state index in [1.165, 1.54) is 0 Å². The van der Waals surface area contributed by atoms with Crippen LogP contribution in [0.25, 0.3) is 0 Å². The first-order chi connectivity index (χ1) is 14.5. The van der Waals surface area contributed by atoms with Gasteiger partial charge in [0, 0.05) is 7.05 Å². The number of hydrogen-bond donors (Lipinski definition) is 3. The number of nitrogens with one attached hydrogen (secondary N) is 2. The molecule has 2 aromatic rings. The summed E-state index contributed by atoms with van der Waals surface area (Å²) in [5.74, 6) is 2.23. The van der Waals surface area contributed by atoms with Crippen molar-refractivity contribution in [1.82, 2.24) is 10.6 Å². The summed E-state index contributed by atoms with van der Waals surface area (Å²) in [5, 5.41) is 6.50.